The van der Waals surface area contributed by atoms with E-state index in [-0.39, 0.29) is 0 Å². The minimum absolute atomic E-state index is 0.621. The van der Waals surface area contributed by atoms with Gasteiger partial charge < -0.3 is 24.4 Å². The summed E-state index contributed by atoms with van der Waals surface area (Å²) in [5.41, 5.74) is 1.16. The van der Waals surface area contributed by atoms with Gasteiger partial charge in [-0.2, -0.15) is 0 Å². The Morgan fingerprint density at radius 3 is 2.72 bits per heavy atom. The van der Waals surface area contributed by atoms with Crippen LogP contribution in [0.4, 0.5) is 0 Å². The number of ether oxygens (including phenoxy) is 3. The second-order valence-corrected chi connectivity index (χ2v) is 7.53. The first kappa shape index (κ1) is 21.9. The molecule has 1 atom stereocenters. The molecule has 2 heterocycles. The molecule has 1 N–H and O–H groups in total. The largest absolute Gasteiger partial charge is 0.497 e. The van der Waals surface area contributed by atoms with Gasteiger partial charge in [0.1, 0.15) is 5.75 Å². The van der Waals surface area contributed by atoms with Crippen LogP contribution in [-0.2, 0) is 16.1 Å². The van der Waals surface area contributed by atoms with E-state index in [1.165, 1.54) is 6.42 Å². The second kappa shape index (κ2) is 12.0. The number of methoxy groups -OCH3 is 1. The number of benzene rings is 1. The van der Waals surface area contributed by atoms with Gasteiger partial charge in [0, 0.05) is 51.9 Å². The highest BCUT2D eigenvalue weighted by molar-refractivity contribution is 5.80. The van der Waals surface area contributed by atoms with Gasteiger partial charge >= 0.3 is 0 Å². The fraction of sp³-hybridized carbons (Fsp3) is 0.682. The lowest BCUT2D eigenvalue weighted by atomic mass is 10.2. The molecule has 0 amide bonds. The van der Waals surface area contributed by atoms with Crippen molar-refractivity contribution < 1.29 is 14.2 Å². The number of hydrogen-bond donors (Lipinski definition) is 1. The van der Waals surface area contributed by atoms with Crippen LogP contribution in [0.1, 0.15) is 25.3 Å². The Balaban J connectivity index is 1.37. The van der Waals surface area contributed by atoms with Gasteiger partial charge in [0.2, 0.25) is 0 Å². The van der Waals surface area contributed by atoms with E-state index in [2.05, 4.69) is 22.0 Å². The van der Waals surface area contributed by atoms with E-state index in [1.54, 1.807) is 7.11 Å². The number of nitrogens with zero attached hydrogens (tertiary/aromatic N) is 3. The van der Waals surface area contributed by atoms with E-state index in [0.29, 0.717) is 19.3 Å². The first-order valence-corrected chi connectivity index (χ1v) is 10.9. The van der Waals surface area contributed by atoms with Crippen LogP contribution in [-0.4, -0.2) is 88.0 Å². The molecule has 7 nitrogen and oxygen atoms in total. The third kappa shape index (κ3) is 6.87. The molecule has 162 valence electrons. The molecule has 0 aliphatic carbocycles. The predicted molar refractivity (Wildman–Crippen MR) is 116 cm³/mol. The molecule has 0 spiro atoms. The molecular formula is C22H36N4O3. The fourth-order valence-corrected chi connectivity index (χ4v) is 3.86. The highest BCUT2D eigenvalue weighted by Crippen LogP contribution is 2.17. The number of guanidine groups is 1. The van der Waals surface area contributed by atoms with E-state index >= 15 is 0 Å². The quantitative estimate of drug-likeness (QED) is 0.386. The maximum atomic E-state index is 5.79. The number of rotatable bonds is 9. The number of hydrogen-bond acceptors (Lipinski definition) is 5. The lowest BCUT2D eigenvalue weighted by Gasteiger charge is -2.32. The average molecular weight is 405 g/mol. The summed E-state index contributed by atoms with van der Waals surface area (Å²) in [6, 6.07) is 8.63. The Kier molecular flexibility index (Phi) is 9.05. The smallest absolute Gasteiger partial charge is 0.193 e. The van der Waals surface area contributed by atoms with Gasteiger partial charge in [-0.25, -0.2) is 0 Å². The number of likely N-dealkylation sites (tertiary alicyclic amines) is 1. The molecule has 1 aromatic carbocycles. The van der Waals surface area contributed by atoms with Crippen molar-refractivity contribution in [1.29, 1.82) is 0 Å². The van der Waals surface area contributed by atoms with Crippen LogP contribution in [0.5, 0.6) is 5.75 Å². The van der Waals surface area contributed by atoms with Crippen LogP contribution >= 0.6 is 0 Å². The van der Waals surface area contributed by atoms with E-state index in [0.717, 1.165) is 76.2 Å². The van der Waals surface area contributed by atoms with Gasteiger partial charge in [0.15, 0.2) is 5.96 Å². The van der Waals surface area contributed by atoms with Crippen LogP contribution in [0.15, 0.2) is 29.3 Å². The van der Waals surface area contributed by atoms with E-state index in [9.17, 15) is 0 Å². The molecule has 29 heavy (non-hydrogen) atoms. The summed E-state index contributed by atoms with van der Waals surface area (Å²) in [5.74, 6) is 1.91. The molecule has 2 saturated heterocycles. The summed E-state index contributed by atoms with van der Waals surface area (Å²) in [7, 11) is 1.68. The lowest BCUT2D eigenvalue weighted by molar-refractivity contribution is 0.0195. The summed E-state index contributed by atoms with van der Waals surface area (Å²) in [5, 5.41) is 3.46. The summed E-state index contributed by atoms with van der Waals surface area (Å²) >= 11 is 0. The molecule has 7 heteroatoms. The molecule has 2 fully saturated rings. The maximum absolute atomic E-state index is 5.79. The third-order valence-electron chi connectivity index (χ3n) is 5.50. The molecular weight excluding hydrogens is 368 g/mol. The Morgan fingerprint density at radius 2 is 2.00 bits per heavy atom. The molecule has 2 aliphatic heterocycles. The van der Waals surface area contributed by atoms with Crippen molar-refractivity contribution in [1.82, 2.24) is 15.1 Å². The summed E-state index contributed by atoms with van der Waals surface area (Å²) in [4.78, 5) is 9.81. The standard InChI is InChI=1S/C22H36N4O3/c1-3-23-22(26-11-9-20(17-26)25-12-15-28-16-13-25)24-10-4-14-29-18-19-5-7-21(27-2)8-6-19/h5-8,20H,3-4,9-18H2,1-2H3,(H,23,24). The first-order valence-electron chi connectivity index (χ1n) is 10.9. The Labute approximate surface area is 175 Å². The molecule has 0 aromatic heterocycles. The zero-order valence-corrected chi connectivity index (χ0v) is 17.9. The SMILES string of the molecule is CCNC(=NCCCOCc1ccc(OC)cc1)N1CCC(N2CCOCC2)C1. The van der Waals surface area contributed by atoms with Crippen molar-refractivity contribution in [2.75, 3.05) is 66.2 Å². The summed E-state index contributed by atoms with van der Waals surface area (Å²) in [6.45, 7) is 11.1. The normalized spacial score (nSPS) is 20.8. The molecule has 0 saturated carbocycles. The number of nitrogens with one attached hydrogen (secondary N) is 1. The van der Waals surface area contributed by atoms with Crippen molar-refractivity contribution in [3.05, 3.63) is 29.8 Å². The second-order valence-electron chi connectivity index (χ2n) is 7.53. The molecule has 0 bridgehead atoms. The van der Waals surface area contributed by atoms with Crippen LogP contribution in [0.25, 0.3) is 0 Å². The van der Waals surface area contributed by atoms with Gasteiger partial charge in [-0.05, 0) is 37.5 Å². The monoisotopic (exact) mass is 404 g/mol. The van der Waals surface area contributed by atoms with Crippen molar-refractivity contribution in [2.24, 2.45) is 4.99 Å². The fourth-order valence-electron chi connectivity index (χ4n) is 3.86. The van der Waals surface area contributed by atoms with Gasteiger partial charge in [-0.1, -0.05) is 12.1 Å². The van der Waals surface area contributed by atoms with Crippen LogP contribution in [0.2, 0.25) is 0 Å². The minimum Gasteiger partial charge on any atom is -0.497 e. The molecule has 3 rings (SSSR count). The van der Waals surface area contributed by atoms with E-state index < -0.39 is 0 Å². The summed E-state index contributed by atoms with van der Waals surface area (Å²) < 4.78 is 16.5. The highest BCUT2D eigenvalue weighted by Gasteiger charge is 2.30. The lowest BCUT2D eigenvalue weighted by Crippen LogP contribution is -2.46. The zero-order valence-electron chi connectivity index (χ0n) is 17.9. The Hall–Kier alpha value is -1.83. The van der Waals surface area contributed by atoms with Crippen LogP contribution in [0.3, 0.4) is 0 Å². The molecule has 1 aromatic rings. The molecule has 2 aliphatic rings. The van der Waals surface area contributed by atoms with Crippen molar-refractivity contribution >= 4 is 5.96 Å². The Bertz CT molecular complexity index is 617. The number of aliphatic imine (C=N–C) groups is 1. The van der Waals surface area contributed by atoms with Gasteiger partial charge in [0.05, 0.1) is 26.9 Å². The molecule has 0 radical (unpaired) electrons. The topological polar surface area (TPSA) is 58.6 Å². The van der Waals surface area contributed by atoms with Crippen molar-refractivity contribution in [2.45, 2.75) is 32.4 Å². The zero-order chi connectivity index (χ0) is 20.3. The number of morpholine rings is 1. The van der Waals surface area contributed by atoms with Crippen molar-refractivity contribution in [3.63, 3.8) is 0 Å². The van der Waals surface area contributed by atoms with Gasteiger partial charge in [-0.3, -0.25) is 9.89 Å². The maximum Gasteiger partial charge on any atom is 0.193 e. The average Bonchev–Trinajstić information content (AvgIpc) is 3.26. The highest BCUT2D eigenvalue weighted by atomic mass is 16.5. The van der Waals surface area contributed by atoms with E-state index in [4.69, 9.17) is 19.2 Å². The predicted octanol–water partition coefficient (Wildman–Crippen LogP) is 1.97. The van der Waals surface area contributed by atoms with Crippen LogP contribution < -0.4 is 10.1 Å². The summed E-state index contributed by atoms with van der Waals surface area (Å²) in [6.07, 6.45) is 2.13. The van der Waals surface area contributed by atoms with Crippen molar-refractivity contribution in [3.8, 4) is 5.75 Å². The Morgan fingerprint density at radius 1 is 1.21 bits per heavy atom. The minimum atomic E-state index is 0.621. The van der Waals surface area contributed by atoms with Gasteiger partial charge in [0.25, 0.3) is 0 Å². The third-order valence-corrected chi connectivity index (χ3v) is 5.50. The van der Waals surface area contributed by atoms with E-state index in [1.807, 2.05) is 24.3 Å². The molecule has 1 unspecified atom stereocenters. The first-order chi connectivity index (χ1) is 14.3. The van der Waals surface area contributed by atoms with Crippen LogP contribution in [0, 0.1) is 0 Å². The van der Waals surface area contributed by atoms with Gasteiger partial charge in [-0.15, -0.1) is 0 Å².